The number of alkyl halides is 1. The van der Waals surface area contributed by atoms with E-state index in [0.717, 1.165) is 0 Å². The number of halogens is 4. The van der Waals surface area contributed by atoms with Gasteiger partial charge in [-0.15, -0.1) is 11.6 Å². The molecule has 0 fully saturated rings. The third-order valence-electron chi connectivity index (χ3n) is 3.04. The molecule has 114 valence electrons. The van der Waals surface area contributed by atoms with Crippen molar-refractivity contribution < 1.29 is 8.42 Å². The van der Waals surface area contributed by atoms with E-state index < -0.39 is 15.6 Å². The topological polar surface area (TPSA) is 46.2 Å². The summed E-state index contributed by atoms with van der Waals surface area (Å²) in [5.41, 5.74) is -0.639. The van der Waals surface area contributed by atoms with Crippen LogP contribution in [0, 0.1) is 0 Å². The predicted octanol–water partition coefficient (Wildman–Crippen LogP) is 4.83. The minimum absolute atomic E-state index is 0.0706. The number of rotatable bonds is 6. The second-order valence-electron chi connectivity index (χ2n) is 4.66. The van der Waals surface area contributed by atoms with Gasteiger partial charge >= 0.3 is 0 Å². The number of nitrogens with one attached hydrogen (secondary N) is 1. The molecular weight excluding hydrogens is 408 g/mol. The van der Waals surface area contributed by atoms with Gasteiger partial charge in [-0.25, -0.2) is 13.1 Å². The second-order valence-corrected chi connectivity index (χ2v) is 8.38. The molecule has 0 heterocycles. The van der Waals surface area contributed by atoms with Gasteiger partial charge in [-0.3, -0.25) is 0 Å². The molecule has 1 aromatic carbocycles. The molecule has 1 aromatic rings. The molecule has 3 nitrogen and oxygen atoms in total. The Kier molecular flexibility index (Phi) is 6.63. The van der Waals surface area contributed by atoms with Crippen LogP contribution in [0.1, 0.15) is 26.7 Å². The van der Waals surface area contributed by atoms with E-state index in [0.29, 0.717) is 23.2 Å². The van der Waals surface area contributed by atoms with Gasteiger partial charge in [-0.2, -0.15) is 0 Å². The molecule has 0 amide bonds. The summed E-state index contributed by atoms with van der Waals surface area (Å²) in [6, 6.07) is 2.99. The van der Waals surface area contributed by atoms with Crippen molar-refractivity contribution in [2.45, 2.75) is 37.1 Å². The maximum atomic E-state index is 12.5. The van der Waals surface area contributed by atoms with E-state index in [9.17, 15) is 8.42 Å². The summed E-state index contributed by atoms with van der Waals surface area (Å²) in [5, 5.41) is 0.141. The maximum Gasteiger partial charge on any atom is 0.244 e. The number of benzene rings is 1. The van der Waals surface area contributed by atoms with Crippen LogP contribution in [0.5, 0.6) is 0 Å². The smallest absolute Gasteiger partial charge is 0.207 e. The fourth-order valence-electron chi connectivity index (χ4n) is 1.67. The Morgan fingerprint density at radius 2 is 1.80 bits per heavy atom. The zero-order chi connectivity index (χ0) is 15.6. The molecule has 20 heavy (non-hydrogen) atoms. The average Bonchev–Trinajstić information content (AvgIpc) is 2.26. The van der Waals surface area contributed by atoms with Crippen LogP contribution in [0.2, 0.25) is 10.0 Å². The Balaban J connectivity index is 3.25. The maximum absolute atomic E-state index is 12.5. The lowest BCUT2D eigenvalue weighted by Crippen LogP contribution is -2.45. The van der Waals surface area contributed by atoms with Crippen molar-refractivity contribution in [2.75, 3.05) is 5.88 Å². The van der Waals surface area contributed by atoms with Crippen LogP contribution in [-0.2, 0) is 10.0 Å². The molecule has 1 atom stereocenters. The number of hydrogen-bond donors (Lipinski definition) is 1. The van der Waals surface area contributed by atoms with Crippen molar-refractivity contribution in [1.82, 2.24) is 4.72 Å². The average molecular weight is 424 g/mol. The van der Waals surface area contributed by atoms with Crippen LogP contribution in [0.4, 0.5) is 0 Å². The quantitative estimate of drug-likeness (QED) is 0.666. The molecule has 0 saturated heterocycles. The molecule has 0 aromatic heterocycles. The summed E-state index contributed by atoms with van der Waals surface area (Å²) < 4.78 is 28.2. The molecule has 1 N–H and O–H groups in total. The summed E-state index contributed by atoms with van der Waals surface area (Å²) >= 11 is 21.0. The van der Waals surface area contributed by atoms with Crippen molar-refractivity contribution in [3.63, 3.8) is 0 Å². The van der Waals surface area contributed by atoms with Crippen molar-refractivity contribution in [1.29, 1.82) is 0 Å². The monoisotopic (exact) mass is 421 g/mol. The van der Waals surface area contributed by atoms with E-state index in [1.807, 2.05) is 6.92 Å². The highest BCUT2D eigenvalue weighted by Crippen LogP contribution is 2.33. The summed E-state index contributed by atoms with van der Waals surface area (Å²) in [4.78, 5) is -0.113. The summed E-state index contributed by atoms with van der Waals surface area (Å²) in [6.45, 7) is 3.69. The molecule has 8 heteroatoms. The summed E-state index contributed by atoms with van der Waals surface area (Å²) in [7, 11) is -3.82. The zero-order valence-electron chi connectivity index (χ0n) is 11.0. The minimum Gasteiger partial charge on any atom is -0.207 e. The number of sulfonamides is 1. The molecule has 0 saturated carbocycles. The van der Waals surface area contributed by atoms with Gasteiger partial charge in [0, 0.05) is 15.9 Å². The van der Waals surface area contributed by atoms with Crippen LogP contribution in [-0.4, -0.2) is 19.8 Å². The van der Waals surface area contributed by atoms with Gasteiger partial charge in [0.1, 0.15) is 4.90 Å². The molecular formula is C12H15BrCl3NO2S. The van der Waals surface area contributed by atoms with Gasteiger partial charge in [0.2, 0.25) is 10.0 Å². The van der Waals surface area contributed by atoms with Gasteiger partial charge in [0.05, 0.1) is 10.0 Å². The second kappa shape index (κ2) is 7.16. The van der Waals surface area contributed by atoms with Crippen molar-refractivity contribution in [3.05, 3.63) is 26.7 Å². The van der Waals surface area contributed by atoms with E-state index >= 15 is 0 Å². The predicted molar refractivity (Wildman–Crippen MR) is 88.5 cm³/mol. The Bertz CT molecular complexity index is 571. The normalized spacial score (nSPS) is 15.1. The zero-order valence-corrected chi connectivity index (χ0v) is 15.7. The molecule has 0 radical (unpaired) electrons. The first kappa shape index (κ1) is 18.5. The number of hydrogen-bond acceptors (Lipinski definition) is 2. The fraction of sp³-hybridized carbons (Fsp3) is 0.500. The summed E-state index contributed by atoms with van der Waals surface area (Å²) in [6.07, 6.45) is 1.11. The highest BCUT2D eigenvalue weighted by Gasteiger charge is 2.31. The highest BCUT2D eigenvalue weighted by atomic mass is 79.9. The first-order valence-corrected chi connectivity index (χ1v) is 9.46. The molecule has 0 aliphatic heterocycles. The Labute approximate surface area is 143 Å². The third kappa shape index (κ3) is 4.49. The third-order valence-corrected chi connectivity index (χ3v) is 6.25. The van der Waals surface area contributed by atoms with E-state index in [1.165, 1.54) is 12.1 Å². The van der Waals surface area contributed by atoms with Crippen LogP contribution < -0.4 is 4.72 Å². The van der Waals surface area contributed by atoms with Crippen molar-refractivity contribution >= 4 is 60.8 Å². The van der Waals surface area contributed by atoms with Crippen molar-refractivity contribution in [2.24, 2.45) is 0 Å². The van der Waals surface area contributed by atoms with Gasteiger partial charge in [0.25, 0.3) is 0 Å². The van der Waals surface area contributed by atoms with E-state index in [2.05, 4.69) is 20.7 Å². The van der Waals surface area contributed by atoms with Gasteiger partial charge < -0.3 is 0 Å². The van der Waals surface area contributed by atoms with Crippen LogP contribution in [0.25, 0.3) is 0 Å². The molecule has 0 bridgehead atoms. The molecule has 0 spiro atoms. The van der Waals surface area contributed by atoms with Gasteiger partial charge in [-0.1, -0.05) is 46.1 Å². The Hall–Kier alpha value is 0.480. The SMILES string of the molecule is CCC(C)(CCCl)NS(=O)(=O)c1c(Cl)cc(Br)cc1Cl. The van der Waals surface area contributed by atoms with E-state index in [4.69, 9.17) is 34.8 Å². The van der Waals surface area contributed by atoms with Crippen LogP contribution in [0.3, 0.4) is 0 Å². The molecule has 0 aliphatic carbocycles. The summed E-state index contributed by atoms with van der Waals surface area (Å²) in [5.74, 6) is 0.356. The Morgan fingerprint density at radius 3 is 2.20 bits per heavy atom. The molecule has 1 unspecified atom stereocenters. The Morgan fingerprint density at radius 1 is 1.30 bits per heavy atom. The largest absolute Gasteiger partial charge is 0.244 e. The van der Waals surface area contributed by atoms with Crippen LogP contribution in [0.15, 0.2) is 21.5 Å². The van der Waals surface area contributed by atoms with Gasteiger partial charge in [-0.05, 0) is 31.9 Å². The first-order chi connectivity index (χ1) is 9.15. The molecule has 0 aliphatic rings. The fourth-order valence-corrected chi connectivity index (χ4v) is 5.53. The van der Waals surface area contributed by atoms with E-state index in [1.54, 1.807) is 6.92 Å². The lowest BCUT2D eigenvalue weighted by molar-refractivity contribution is 0.390. The minimum atomic E-state index is -3.82. The lowest BCUT2D eigenvalue weighted by atomic mass is 9.97. The van der Waals surface area contributed by atoms with Crippen molar-refractivity contribution in [3.8, 4) is 0 Å². The van der Waals surface area contributed by atoms with Gasteiger partial charge in [0.15, 0.2) is 0 Å². The molecule has 1 rings (SSSR count). The standard InChI is InChI=1S/C12H15BrCl3NO2S/c1-3-12(2,4-5-14)17-20(18,19)11-9(15)6-8(13)7-10(11)16/h6-7,17H,3-5H2,1-2H3. The van der Waals surface area contributed by atoms with E-state index in [-0.39, 0.29) is 14.9 Å². The highest BCUT2D eigenvalue weighted by molar-refractivity contribution is 9.10. The van der Waals surface area contributed by atoms with Crippen LogP contribution >= 0.6 is 50.7 Å². The first-order valence-electron chi connectivity index (χ1n) is 5.89. The lowest BCUT2D eigenvalue weighted by Gasteiger charge is -2.29.